The molecule has 0 amide bonds. The van der Waals surface area contributed by atoms with Crippen molar-refractivity contribution >= 4 is 8.38 Å². The van der Waals surface area contributed by atoms with E-state index in [1.54, 1.807) is 0 Å². The first-order valence-corrected chi connectivity index (χ1v) is 2.36. The molecule has 0 saturated carbocycles. The molecule has 0 heterocycles. The van der Waals surface area contributed by atoms with Crippen LogP contribution >= 0.6 is 8.38 Å². The van der Waals surface area contributed by atoms with E-state index in [-0.39, 0.29) is 59.1 Å². The van der Waals surface area contributed by atoms with Crippen molar-refractivity contribution in [2.75, 3.05) is 6.35 Å². The van der Waals surface area contributed by atoms with Crippen molar-refractivity contribution in [2.24, 2.45) is 0 Å². The van der Waals surface area contributed by atoms with Gasteiger partial charge in [-0.2, -0.15) is 0 Å². The molecule has 0 aromatic heterocycles. The summed E-state index contributed by atoms with van der Waals surface area (Å²) in [5.41, 5.74) is 0. The molecule has 0 atom stereocenters. The number of aliphatic hydroxyl groups is 1. The summed E-state index contributed by atoms with van der Waals surface area (Å²) in [6.45, 7) is 0. The first-order chi connectivity index (χ1) is 2.27. The Balaban J connectivity index is -0.0000000800. The molecule has 0 unspecified atom stereocenters. The summed E-state index contributed by atoms with van der Waals surface area (Å²) in [5.74, 6) is 0. The summed E-state index contributed by atoms with van der Waals surface area (Å²) in [7, 11) is -2.54. The predicted octanol–water partition coefficient (Wildman–Crippen LogP) is -8.02. The Hall–Kier alpha value is 2.31. The molecular weight excluding hydrogens is 137 g/mol. The summed E-state index contributed by atoms with van der Waals surface area (Å²) in [4.78, 5) is 18.3. The summed E-state index contributed by atoms with van der Waals surface area (Å²) in [5, 5.41) is 7.55. The second kappa shape index (κ2) is 11.2. The Bertz CT molecular complexity index is 26.9. The molecule has 3 nitrogen and oxygen atoms in total. The molecule has 32 valence electrons. The van der Waals surface area contributed by atoms with Crippen molar-refractivity contribution in [3.8, 4) is 0 Å². The third kappa shape index (κ3) is 17.8. The van der Waals surface area contributed by atoms with Crippen LogP contribution in [0.25, 0.3) is 0 Å². The molecule has 0 bridgehead atoms. The zero-order chi connectivity index (χ0) is 4.28. The number of aliphatic hydroxyl groups excluding tert-OH is 1. The summed E-state index contributed by atoms with van der Waals surface area (Å²) in [6, 6.07) is 0. The van der Waals surface area contributed by atoms with Crippen LogP contribution in [0.1, 0.15) is 0 Å². The summed E-state index contributed by atoms with van der Waals surface area (Å²) < 4.78 is 0. The van der Waals surface area contributed by atoms with Crippen LogP contribution in [0.5, 0.6) is 0 Å². The molecule has 1 N–H and O–H groups in total. The van der Waals surface area contributed by atoms with Crippen LogP contribution in [0.3, 0.4) is 0 Å². The van der Waals surface area contributed by atoms with E-state index >= 15 is 0 Å². The fraction of sp³-hybridized carbons (Fsp3) is 1.00. The minimum absolute atomic E-state index is 0. The fourth-order valence-corrected chi connectivity index (χ4v) is 0. The Kier molecular flexibility index (Phi) is 25.7. The van der Waals surface area contributed by atoms with Gasteiger partial charge in [0.1, 0.15) is 0 Å². The Labute approximate surface area is 87.6 Å². The SMILES string of the molecule is [Na+].[Na+].[O-]P([O-])CO. The first kappa shape index (κ1) is 16.1. The van der Waals surface area contributed by atoms with Gasteiger partial charge in [-0.3, -0.25) is 8.38 Å². The van der Waals surface area contributed by atoms with E-state index in [1.165, 1.54) is 0 Å². The van der Waals surface area contributed by atoms with Gasteiger partial charge in [0.25, 0.3) is 0 Å². The van der Waals surface area contributed by atoms with Crippen molar-refractivity contribution < 1.29 is 74.0 Å². The van der Waals surface area contributed by atoms with Gasteiger partial charge in [-0.1, -0.05) is 0 Å². The summed E-state index contributed by atoms with van der Waals surface area (Å²) >= 11 is 0. The van der Waals surface area contributed by atoms with Crippen molar-refractivity contribution in [3.63, 3.8) is 0 Å². The average Bonchev–Trinajstić information content (AvgIpc) is 1.38. The third-order valence-electron chi connectivity index (χ3n) is 0.115. The van der Waals surface area contributed by atoms with Crippen LogP contribution in [0.4, 0.5) is 0 Å². The Morgan fingerprint density at radius 3 is 1.43 bits per heavy atom. The maximum absolute atomic E-state index is 9.16. The fourth-order valence-electron chi connectivity index (χ4n) is 0. The predicted molar refractivity (Wildman–Crippen MR) is 14.0 cm³/mol. The molecule has 0 spiro atoms. The molecule has 0 aliphatic rings. The van der Waals surface area contributed by atoms with Gasteiger partial charge in [-0.05, 0) is 0 Å². The number of hydrogen-bond acceptors (Lipinski definition) is 3. The maximum atomic E-state index is 9.16. The van der Waals surface area contributed by atoms with E-state index in [0.717, 1.165) is 0 Å². The average molecular weight is 140 g/mol. The van der Waals surface area contributed by atoms with Crippen LogP contribution in [-0.4, -0.2) is 11.5 Å². The standard InChI is InChI=1S/CH3O3P.2Na/c2-1-5(3)4;;/h2H,1H2;;/q-2;2*+1. The maximum Gasteiger partial charge on any atom is 1.00 e. The smallest absolute Gasteiger partial charge is 0.840 e. The molecule has 0 fully saturated rings. The molecular formula is CH3Na2O3P. The van der Waals surface area contributed by atoms with E-state index in [0.29, 0.717) is 0 Å². The molecule has 0 saturated heterocycles. The molecule has 0 aliphatic carbocycles. The van der Waals surface area contributed by atoms with Gasteiger partial charge in [0.2, 0.25) is 0 Å². The molecule has 7 heavy (non-hydrogen) atoms. The third-order valence-corrected chi connectivity index (χ3v) is 0.346. The topological polar surface area (TPSA) is 66.3 Å². The van der Waals surface area contributed by atoms with Crippen molar-refractivity contribution in [3.05, 3.63) is 0 Å². The molecule has 0 aliphatic heterocycles. The van der Waals surface area contributed by atoms with Gasteiger partial charge < -0.3 is 14.9 Å². The van der Waals surface area contributed by atoms with Crippen molar-refractivity contribution in [1.29, 1.82) is 0 Å². The van der Waals surface area contributed by atoms with Crippen LogP contribution in [0, 0.1) is 0 Å². The van der Waals surface area contributed by atoms with Crippen LogP contribution in [0.15, 0.2) is 0 Å². The molecule has 0 aromatic rings. The molecule has 0 aromatic carbocycles. The minimum atomic E-state index is -2.54. The van der Waals surface area contributed by atoms with Gasteiger partial charge in [0, 0.05) is 6.35 Å². The quantitative estimate of drug-likeness (QED) is 0.290. The van der Waals surface area contributed by atoms with Gasteiger partial charge in [0.05, 0.1) is 0 Å². The van der Waals surface area contributed by atoms with E-state index in [2.05, 4.69) is 0 Å². The van der Waals surface area contributed by atoms with Crippen molar-refractivity contribution in [1.82, 2.24) is 0 Å². The zero-order valence-corrected chi connectivity index (χ0v) is 9.31. The Morgan fingerprint density at radius 2 is 1.43 bits per heavy atom. The first-order valence-electron chi connectivity index (χ1n) is 0.998. The second-order valence-corrected chi connectivity index (χ2v) is 1.42. The van der Waals surface area contributed by atoms with Crippen molar-refractivity contribution in [2.45, 2.75) is 0 Å². The van der Waals surface area contributed by atoms with Gasteiger partial charge >= 0.3 is 59.1 Å². The van der Waals surface area contributed by atoms with Crippen LogP contribution in [0.2, 0.25) is 0 Å². The Morgan fingerprint density at radius 1 is 1.29 bits per heavy atom. The number of rotatable bonds is 1. The number of hydrogen-bond donors (Lipinski definition) is 1. The van der Waals surface area contributed by atoms with Crippen LogP contribution in [-0.2, 0) is 0 Å². The van der Waals surface area contributed by atoms with E-state index in [4.69, 9.17) is 14.9 Å². The van der Waals surface area contributed by atoms with Gasteiger partial charge in [0.15, 0.2) is 0 Å². The summed E-state index contributed by atoms with van der Waals surface area (Å²) in [6.07, 6.45) is -0.741. The molecule has 6 heteroatoms. The van der Waals surface area contributed by atoms with E-state index in [9.17, 15) is 0 Å². The normalized spacial score (nSPS) is 6.86. The largest absolute Gasteiger partial charge is 1.00 e. The zero-order valence-electron chi connectivity index (χ0n) is 4.42. The minimum Gasteiger partial charge on any atom is -0.840 e. The van der Waals surface area contributed by atoms with Gasteiger partial charge in [-0.25, -0.2) is 0 Å². The molecule has 0 rings (SSSR count). The van der Waals surface area contributed by atoms with Crippen LogP contribution < -0.4 is 68.9 Å². The monoisotopic (exact) mass is 140 g/mol. The molecule has 0 radical (unpaired) electrons. The van der Waals surface area contributed by atoms with E-state index in [1.807, 2.05) is 0 Å². The van der Waals surface area contributed by atoms with E-state index < -0.39 is 14.7 Å². The second-order valence-electron chi connectivity index (χ2n) is 0.474. The van der Waals surface area contributed by atoms with Gasteiger partial charge in [-0.15, -0.1) is 0 Å².